The lowest BCUT2D eigenvalue weighted by Gasteiger charge is -2.14. The number of carbonyl (C=O) groups is 2. The summed E-state index contributed by atoms with van der Waals surface area (Å²) in [4.78, 5) is 23.2. The van der Waals surface area contributed by atoms with E-state index in [1.165, 1.54) is 21.3 Å². The van der Waals surface area contributed by atoms with E-state index in [0.717, 1.165) is 0 Å². The SMILES string of the molecule is COc1cc(CC(=O)O[C@@H]2CCOC2=O)cc(OC)c1OC. The molecule has 1 atom stereocenters. The minimum absolute atomic E-state index is 0.0134. The van der Waals surface area contributed by atoms with Gasteiger partial charge in [-0.15, -0.1) is 0 Å². The van der Waals surface area contributed by atoms with Crippen LogP contribution in [-0.2, 0) is 25.5 Å². The van der Waals surface area contributed by atoms with Crippen molar-refractivity contribution in [2.45, 2.75) is 18.9 Å². The van der Waals surface area contributed by atoms with Crippen LogP contribution in [0.1, 0.15) is 12.0 Å². The Labute approximate surface area is 128 Å². The molecule has 0 aromatic heterocycles. The molecule has 7 heteroatoms. The van der Waals surface area contributed by atoms with Gasteiger partial charge in [0.1, 0.15) is 0 Å². The van der Waals surface area contributed by atoms with Gasteiger partial charge in [0.05, 0.1) is 34.4 Å². The molecule has 0 unspecified atom stereocenters. The molecular formula is C15H18O7. The third-order valence-corrected chi connectivity index (χ3v) is 3.23. The van der Waals surface area contributed by atoms with Crippen molar-refractivity contribution in [2.24, 2.45) is 0 Å². The lowest BCUT2D eigenvalue weighted by atomic mass is 10.1. The Hall–Kier alpha value is -2.44. The number of rotatable bonds is 6. The number of carbonyl (C=O) groups excluding carboxylic acids is 2. The molecule has 2 rings (SSSR count). The summed E-state index contributed by atoms with van der Waals surface area (Å²) in [7, 11) is 4.49. The molecule has 0 spiro atoms. The average Bonchev–Trinajstić information content (AvgIpc) is 2.91. The summed E-state index contributed by atoms with van der Waals surface area (Å²) in [5.74, 6) is 0.327. The first-order valence-corrected chi connectivity index (χ1v) is 6.74. The molecule has 0 amide bonds. The van der Waals surface area contributed by atoms with E-state index in [4.69, 9.17) is 23.7 Å². The van der Waals surface area contributed by atoms with Crippen molar-refractivity contribution in [1.29, 1.82) is 0 Å². The Morgan fingerprint density at radius 1 is 1.18 bits per heavy atom. The van der Waals surface area contributed by atoms with Crippen molar-refractivity contribution in [3.05, 3.63) is 17.7 Å². The van der Waals surface area contributed by atoms with Gasteiger partial charge in [-0.2, -0.15) is 0 Å². The van der Waals surface area contributed by atoms with Gasteiger partial charge < -0.3 is 23.7 Å². The first-order chi connectivity index (χ1) is 10.6. The van der Waals surface area contributed by atoms with Gasteiger partial charge in [0.2, 0.25) is 11.9 Å². The fourth-order valence-corrected chi connectivity index (χ4v) is 2.19. The van der Waals surface area contributed by atoms with Gasteiger partial charge in [-0.1, -0.05) is 0 Å². The summed E-state index contributed by atoms with van der Waals surface area (Å²) in [6.07, 6.45) is -0.435. The van der Waals surface area contributed by atoms with Crippen LogP contribution in [0.15, 0.2) is 12.1 Å². The van der Waals surface area contributed by atoms with E-state index in [-0.39, 0.29) is 13.0 Å². The molecule has 0 N–H and O–H groups in total. The zero-order chi connectivity index (χ0) is 16.1. The van der Waals surface area contributed by atoms with E-state index in [2.05, 4.69) is 0 Å². The Morgan fingerprint density at radius 2 is 1.82 bits per heavy atom. The van der Waals surface area contributed by atoms with Gasteiger partial charge in [0.25, 0.3) is 0 Å². The summed E-state index contributed by atoms with van der Waals surface area (Å²) in [5.41, 5.74) is 0.630. The van der Waals surface area contributed by atoms with Crippen molar-refractivity contribution in [3.63, 3.8) is 0 Å². The zero-order valence-electron chi connectivity index (χ0n) is 12.7. The minimum Gasteiger partial charge on any atom is -0.493 e. The van der Waals surface area contributed by atoms with Gasteiger partial charge in [0.15, 0.2) is 11.5 Å². The van der Waals surface area contributed by atoms with E-state index in [0.29, 0.717) is 29.2 Å². The standard InChI is InChI=1S/C15H18O7/c1-18-11-6-9(7-12(19-2)14(11)20-3)8-13(16)22-10-4-5-21-15(10)17/h6-7,10H,4-5,8H2,1-3H3/t10-/m1/s1. The Kier molecular flexibility index (Phi) is 5.08. The van der Waals surface area contributed by atoms with Crippen LogP contribution < -0.4 is 14.2 Å². The predicted octanol–water partition coefficient (Wildman–Crippen LogP) is 1.11. The van der Waals surface area contributed by atoms with Gasteiger partial charge in [-0.05, 0) is 17.7 Å². The predicted molar refractivity (Wildman–Crippen MR) is 75.3 cm³/mol. The van der Waals surface area contributed by atoms with Crippen LogP contribution in [0.5, 0.6) is 17.2 Å². The van der Waals surface area contributed by atoms with Crippen molar-refractivity contribution >= 4 is 11.9 Å². The summed E-state index contributed by atoms with van der Waals surface area (Å²) < 4.78 is 25.5. The summed E-state index contributed by atoms with van der Waals surface area (Å²) >= 11 is 0. The molecule has 1 aliphatic rings. The highest BCUT2D eigenvalue weighted by atomic mass is 16.6. The maximum Gasteiger partial charge on any atom is 0.347 e. The van der Waals surface area contributed by atoms with Crippen molar-refractivity contribution in [1.82, 2.24) is 0 Å². The highest BCUT2D eigenvalue weighted by molar-refractivity contribution is 5.81. The Morgan fingerprint density at radius 3 is 2.27 bits per heavy atom. The van der Waals surface area contributed by atoms with Crippen LogP contribution >= 0.6 is 0 Å². The molecule has 22 heavy (non-hydrogen) atoms. The van der Waals surface area contributed by atoms with Crippen LogP contribution in [0.3, 0.4) is 0 Å². The van der Waals surface area contributed by atoms with Crippen LogP contribution in [-0.4, -0.2) is 46.0 Å². The third kappa shape index (κ3) is 3.41. The van der Waals surface area contributed by atoms with Crippen LogP contribution in [0.2, 0.25) is 0 Å². The quantitative estimate of drug-likeness (QED) is 0.728. The summed E-state index contributed by atoms with van der Waals surface area (Å²) in [6.45, 7) is 0.279. The van der Waals surface area contributed by atoms with Crippen LogP contribution in [0.25, 0.3) is 0 Å². The highest BCUT2D eigenvalue weighted by Gasteiger charge is 2.30. The second-order valence-electron chi connectivity index (χ2n) is 4.65. The van der Waals surface area contributed by atoms with E-state index >= 15 is 0 Å². The number of benzene rings is 1. The first kappa shape index (κ1) is 15.9. The molecule has 120 valence electrons. The highest BCUT2D eigenvalue weighted by Crippen LogP contribution is 2.38. The van der Waals surface area contributed by atoms with Gasteiger partial charge in [-0.25, -0.2) is 4.79 Å². The normalized spacial score (nSPS) is 16.9. The second kappa shape index (κ2) is 7.02. The fraction of sp³-hybridized carbons (Fsp3) is 0.467. The fourth-order valence-electron chi connectivity index (χ4n) is 2.19. The lowest BCUT2D eigenvalue weighted by molar-refractivity contribution is -0.159. The smallest absolute Gasteiger partial charge is 0.347 e. The molecule has 1 aromatic carbocycles. The average molecular weight is 310 g/mol. The molecule has 1 heterocycles. The topological polar surface area (TPSA) is 80.3 Å². The monoisotopic (exact) mass is 310 g/mol. The molecule has 1 saturated heterocycles. The number of hydrogen-bond acceptors (Lipinski definition) is 7. The summed E-state index contributed by atoms with van der Waals surface area (Å²) in [6, 6.07) is 3.32. The molecule has 1 aromatic rings. The maximum absolute atomic E-state index is 11.9. The van der Waals surface area contributed by atoms with E-state index in [1.807, 2.05) is 0 Å². The second-order valence-corrected chi connectivity index (χ2v) is 4.65. The van der Waals surface area contributed by atoms with Gasteiger partial charge in [0, 0.05) is 6.42 Å². The molecule has 0 radical (unpaired) electrons. The lowest BCUT2D eigenvalue weighted by Crippen LogP contribution is -2.23. The molecule has 1 fully saturated rings. The number of hydrogen-bond donors (Lipinski definition) is 0. The third-order valence-electron chi connectivity index (χ3n) is 3.23. The Bertz CT molecular complexity index is 542. The van der Waals surface area contributed by atoms with Gasteiger partial charge >= 0.3 is 11.9 Å². The van der Waals surface area contributed by atoms with Crippen molar-refractivity contribution in [2.75, 3.05) is 27.9 Å². The minimum atomic E-state index is -0.811. The van der Waals surface area contributed by atoms with E-state index in [9.17, 15) is 9.59 Å². The van der Waals surface area contributed by atoms with Crippen molar-refractivity contribution in [3.8, 4) is 17.2 Å². The number of ether oxygens (including phenoxy) is 5. The van der Waals surface area contributed by atoms with Crippen molar-refractivity contribution < 1.29 is 33.3 Å². The Balaban J connectivity index is 2.11. The number of methoxy groups -OCH3 is 3. The van der Waals surface area contributed by atoms with Crippen LogP contribution in [0.4, 0.5) is 0 Å². The van der Waals surface area contributed by atoms with E-state index < -0.39 is 18.0 Å². The maximum atomic E-state index is 11.9. The molecular weight excluding hydrogens is 292 g/mol. The largest absolute Gasteiger partial charge is 0.493 e. The molecule has 7 nitrogen and oxygen atoms in total. The van der Waals surface area contributed by atoms with E-state index in [1.54, 1.807) is 12.1 Å². The first-order valence-electron chi connectivity index (χ1n) is 6.74. The molecule has 0 saturated carbocycles. The zero-order valence-corrected chi connectivity index (χ0v) is 12.7. The van der Waals surface area contributed by atoms with Crippen LogP contribution in [0, 0.1) is 0 Å². The molecule has 0 aliphatic carbocycles. The number of esters is 2. The number of cyclic esters (lactones) is 1. The molecule has 0 bridgehead atoms. The summed E-state index contributed by atoms with van der Waals surface area (Å²) in [5, 5.41) is 0. The molecule has 1 aliphatic heterocycles. The van der Waals surface area contributed by atoms with Gasteiger partial charge in [-0.3, -0.25) is 4.79 Å².